The highest BCUT2D eigenvalue weighted by molar-refractivity contribution is 7.87. The Morgan fingerprint density at radius 1 is 1.35 bits per heavy atom. The first kappa shape index (κ1) is 18.4. The molecule has 23 heavy (non-hydrogen) atoms. The van der Waals surface area contributed by atoms with Gasteiger partial charge in [0.05, 0.1) is 12.1 Å². The highest BCUT2D eigenvalue weighted by Crippen LogP contribution is 2.19. The molecule has 2 rings (SSSR count). The van der Waals surface area contributed by atoms with Crippen molar-refractivity contribution in [2.75, 3.05) is 33.4 Å². The molecule has 0 bridgehead atoms. The summed E-state index contributed by atoms with van der Waals surface area (Å²) in [5, 5.41) is 3.38. The van der Waals surface area contributed by atoms with Gasteiger partial charge < -0.3 is 10.1 Å². The normalized spacial score (nSPS) is 21.9. The second-order valence-corrected chi connectivity index (χ2v) is 7.74. The largest absolute Gasteiger partial charge is 0.383 e. The predicted molar refractivity (Wildman–Crippen MR) is 91.3 cm³/mol. The molecule has 1 aliphatic heterocycles. The van der Waals surface area contributed by atoms with Crippen LogP contribution >= 0.6 is 0 Å². The van der Waals surface area contributed by atoms with Gasteiger partial charge in [0, 0.05) is 26.7 Å². The van der Waals surface area contributed by atoms with E-state index in [1.807, 2.05) is 37.3 Å². The zero-order chi connectivity index (χ0) is 16.8. The number of benzene rings is 1. The van der Waals surface area contributed by atoms with Crippen molar-refractivity contribution in [2.45, 2.75) is 31.8 Å². The van der Waals surface area contributed by atoms with Crippen molar-refractivity contribution in [3.8, 4) is 0 Å². The summed E-state index contributed by atoms with van der Waals surface area (Å²) >= 11 is 0. The minimum atomic E-state index is -3.53. The maximum atomic E-state index is 12.6. The number of ether oxygens (including phenoxy) is 1. The zero-order valence-corrected chi connectivity index (χ0v) is 14.7. The van der Waals surface area contributed by atoms with Crippen LogP contribution in [0.25, 0.3) is 0 Å². The Morgan fingerprint density at radius 2 is 2.09 bits per heavy atom. The Kier molecular flexibility index (Phi) is 6.55. The second kappa shape index (κ2) is 8.21. The molecule has 1 saturated heterocycles. The highest BCUT2D eigenvalue weighted by atomic mass is 32.2. The van der Waals surface area contributed by atoms with Crippen LogP contribution in [0.5, 0.6) is 0 Å². The molecular weight excluding hydrogens is 314 g/mol. The smallest absolute Gasteiger partial charge is 0.279 e. The van der Waals surface area contributed by atoms with E-state index in [-0.39, 0.29) is 5.54 Å². The zero-order valence-electron chi connectivity index (χ0n) is 13.9. The third kappa shape index (κ3) is 4.99. The van der Waals surface area contributed by atoms with E-state index in [4.69, 9.17) is 4.74 Å². The fraction of sp³-hybridized carbons (Fsp3) is 0.625. The van der Waals surface area contributed by atoms with Gasteiger partial charge in [-0.2, -0.15) is 12.7 Å². The lowest BCUT2D eigenvalue weighted by molar-refractivity contribution is 0.122. The van der Waals surface area contributed by atoms with Gasteiger partial charge in [0.1, 0.15) is 0 Å². The Balaban J connectivity index is 2.01. The molecule has 2 N–H and O–H groups in total. The van der Waals surface area contributed by atoms with Crippen LogP contribution in [-0.4, -0.2) is 51.6 Å². The minimum absolute atomic E-state index is 0.298. The first-order valence-electron chi connectivity index (χ1n) is 8.04. The Hall–Kier alpha value is -0.990. The van der Waals surface area contributed by atoms with Crippen LogP contribution in [0.15, 0.2) is 30.3 Å². The van der Waals surface area contributed by atoms with Gasteiger partial charge in [-0.25, -0.2) is 4.72 Å². The van der Waals surface area contributed by atoms with Crippen molar-refractivity contribution in [1.29, 1.82) is 0 Å². The lowest BCUT2D eigenvalue weighted by Gasteiger charge is -2.30. The molecule has 1 heterocycles. The highest BCUT2D eigenvalue weighted by Gasteiger charge is 2.35. The van der Waals surface area contributed by atoms with E-state index in [2.05, 4.69) is 10.0 Å². The third-order valence-electron chi connectivity index (χ3n) is 4.24. The average molecular weight is 341 g/mol. The lowest BCUT2D eigenvalue weighted by Crippen LogP contribution is -2.54. The van der Waals surface area contributed by atoms with Gasteiger partial charge in [-0.1, -0.05) is 37.3 Å². The fourth-order valence-electron chi connectivity index (χ4n) is 2.94. The van der Waals surface area contributed by atoms with E-state index in [1.165, 1.54) is 4.31 Å². The molecule has 1 aromatic rings. The summed E-state index contributed by atoms with van der Waals surface area (Å²) in [5.41, 5.74) is 0.680. The summed E-state index contributed by atoms with van der Waals surface area (Å²) in [6.07, 6.45) is 1.95. The standard InChI is InChI=1S/C16H27N3O3S/c1-3-19(12-15-8-5-4-6-9-15)23(20,21)18-13-16(14-22-2)10-7-11-17-16/h4-6,8-9,17-18H,3,7,10-14H2,1-2H3. The van der Waals surface area contributed by atoms with Gasteiger partial charge in [0.15, 0.2) is 0 Å². The fourth-order valence-corrected chi connectivity index (χ4v) is 4.24. The van der Waals surface area contributed by atoms with Crippen LogP contribution in [0.4, 0.5) is 0 Å². The molecule has 0 aromatic heterocycles. The molecule has 7 heteroatoms. The van der Waals surface area contributed by atoms with Gasteiger partial charge >= 0.3 is 0 Å². The van der Waals surface area contributed by atoms with E-state index in [0.29, 0.717) is 26.2 Å². The Morgan fingerprint density at radius 3 is 2.65 bits per heavy atom. The molecule has 0 amide bonds. The second-order valence-electron chi connectivity index (χ2n) is 5.98. The molecule has 1 aromatic carbocycles. The number of rotatable bonds is 9. The SMILES string of the molecule is CCN(Cc1ccccc1)S(=O)(=O)NCC1(COC)CCCN1. The van der Waals surface area contributed by atoms with Crippen LogP contribution < -0.4 is 10.0 Å². The molecule has 1 fully saturated rings. The van der Waals surface area contributed by atoms with Gasteiger partial charge in [-0.3, -0.25) is 0 Å². The van der Waals surface area contributed by atoms with Crippen LogP contribution in [0.2, 0.25) is 0 Å². The van der Waals surface area contributed by atoms with Crippen molar-refractivity contribution in [3.05, 3.63) is 35.9 Å². The molecule has 130 valence electrons. The monoisotopic (exact) mass is 341 g/mol. The number of methoxy groups -OCH3 is 1. The molecule has 1 unspecified atom stereocenters. The van der Waals surface area contributed by atoms with Crippen molar-refractivity contribution in [1.82, 2.24) is 14.3 Å². The first-order valence-corrected chi connectivity index (χ1v) is 9.48. The molecule has 0 aliphatic carbocycles. The minimum Gasteiger partial charge on any atom is -0.383 e. The molecule has 6 nitrogen and oxygen atoms in total. The predicted octanol–water partition coefficient (Wildman–Crippen LogP) is 1.11. The molecule has 1 aliphatic rings. The Bertz CT molecular complexity index is 571. The summed E-state index contributed by atoms with van der Waals surface area (Å²) in [7, 11) is -1.88. The first-order chi connectivity index (χ1) is 11.0. The van der Waals surface area contributed by atoms with Crippen molar-refractivity contribution in [2.24, 2.45) is 0 Å². The molecule has 1 atom stereocenters. The van der Waals surface area contributed by atoms with E-state index in [0.717, 1.165) is 24.9 Å². The van der Waals surface area contributed by atoms with Crippen LogP contribution in [-0.2, 0) is 21.5 Å². The maximum Gasteiger partial charge on any atom is 0.279 e. The lowest BCUT2D eigenvalue weighted by atomic mass is 9.99. The van der Waals surface area contributed by atoms with E-state index in [1.54, 1.807) is 7.11 Å². The van der Waals surface area contributed by atoms with Crippen LogP contribution in [0, 0.1) is 0 Å². The molecular formula is C16H27N3O3S. The van der Waals surface area contributed by atoms with Gasteiger partial charge in [0.25, 0.3) is 10.2 Å². The van der Waals surface area contributed by atoms with E-state index < -0.39 is 10.2 Å². The Labute approximate surface area is 139 Å². The summed E-state index contributed by atoms with van der Waals surface area (Å²) in [6, 6.07) is 9.62. The quantitative estimate of drug-likeness (QED) is 0.706. The van der Waals surface area contributed by atoms with Crippen molar-refractivity contribution < 1.29 is 13.2 Å². The van der Waals surface area contributed by atoms with Crippen LogP contribution in [0.1, 0.15) is 25.3 Å². The number of hydrogen-bond donors (Lipinski definition) is 2. The average Bonchev–Trinajstić information content (AvgIpc) is 3.01. The molecule has 0 radical (unpaired) electrons. The van der Waals surface area contributed by atoms with Gasteiger partial charge in [-0.05, 0) is 24.9 Å². The number of nitrogens with zero attached hydrogens (tertiary/aromatic N) is 1. The number of hydrogen-bond acceptors (Lipinski definition) is 4. The summed E-state index contributed by atoms with van der Waals surface area (Å²) < 4.78 is 34.7. The van der Waals surface area contributed by atoms with Crippen molar-refractivity contribution >= 4 is 10.2 Å². The van der Waals surface area contributed by atoms with Gasteiger partial charge in [-0.15, -0.1) is 0 Å². The van der Waals surface area contributed by atoms with E-state index >= 15 is 0 Å². The van der Waals surface area contributed by atoms with Gasteiger partial charge in [0.2, 0.25) is 0 Å². The molecule has 0 spiro atoms. The van der Waals surface area contributed by atoms with Crippen LogP contribution in [0.3, 0.4) is 0 Å². The summed E-state index contributed by atoms with van der Waals surface area (Å²) in [4.78, 5) is 0. The summed E-state index contributed by atoms with van der Waals surface area (Å²) in [6.45, 7) is 4.38. The topological polar surface area (TPSA) is 70.7 Å². The number of nitrogens with one attached hydrogen (secondary N) is 2. The maximum absolute atomic E-state index is 12.6. The van der Waals surface area contributed by atoms with Crippen molar-refractivity contribution in [3.63, 3.8) is 0 Å². The molecule has 0 saturated carbocycles. The summed E-state index contributed by atoms with van der Waals surface area (Å²) in [5.74, 6) is 0. The third-order valence-corrected chi connectivity index (χ3v) is 5.82. The van der Waals surface area contributed by atoms with E-state index in [9.17, 15) is 8.42 Å².